The number of rotatable bonds is 9. The van der Waals surface area contributed by atoms with E-state index in [2.05, 4.69) is 15.4 Å². The average Bonchev–Trinajstić information content (AvgIpc) is 3.38. The van der Waals surface area contributed by atoms with Crippen LogP contribution >= 0.6 is 0 Å². The van der Waals surface area contributed by atoms with Gasteiger partial charge >= 0.3 is 12.3 Å². The summed E-state index contributed by atoms with van der Waals surface area (Å²) in [7, 11) is 1.41. The molecule has 1 aromatic carbocycles. The molecule has 2 unspecified atom stereocenters. The number of methoxy groups -OCH3 is 1. The average molecular weight is 535 g/mol. The Balaban J connectivity index is 1.65. The second-order valence-corrected chi connectivity index (χ2v) is 9.08. The van der Waals surface area contributed by atoms with Gasteiger partial charge in [0, 0.05) is 12.7 Å². The minimum absolute atomic E-state index is 0.0412. The van der Waals surface area contributed by atoms with E-state index in [9.17, 15) is 32.7 Å². The Morgan fingerprint density at radius 2 is 1.76 bits per heavy atom. The first kappa shape index (κ1) is 27.0. The predicted octanol–water partition coefficient (Wildman–Crippen LogP) is 3.38. The molecule has 202 valence electrons. The van der Waals surface area contributed by atoms with E-state index in [1.54, 1.807) is 24.3 Å². The van der Waals surface area contributed by atoms with Gasteiger partial charge in [-0.15, -0.1) is 0 Å². The zero-order valence-electron chi connectivity index (χ0n) is 20.5. The van der Waals surface area contributed by atoms with Crippen molar-refractivity contribution in [2.45, 2.75) is 37.7 Å². The van der Waals surface area contributed by atoms with Crippen molar-refractivity contribution in [2.24, 2.45) is 0 Å². The molecule has 1 aliphatic rings. The molecule has 2 N–H and O–H groups in total. The lowest BCUT2D eigenvalue weighted by Crippen LogP contribution is -2.44. The van der Waals surface area contributed by atoms with Gasteiger partial charge in [-0.2, -0.15) is 18.3 Å². The zero-order valence-corrected chi connectivity index (χ0v) is 20.5. The number of halogens is 3. The first-order valence-electron chi connectivity index (χ1n) is 11.3. The van der Waals surface area contributed by atoms with Crippen molar-refractivity contribution in [2.75, 3.05) is 20.3 Å². The molecular weight excluding hydrogens is 511 g/mol. The van der Waals surface area contributed by atoms with Crippen molar-refractivity contribution < 1.29 is 42.1 Å². The van der Waals surface area contributed by atoms with E-state index in [1.165, 1.54) is 30.1 Å². The first-order chi connectivity index (χ1) is 17.8. The fourth-order valence-electron chi connectivity index (χ4n) is 3.95. The smallest absolute Gasteiger partial charge is 0.416 e. The molecular formula is C24H24F3N5O6. The highest BCUT2D eigenvalue weighted by atomic mass is 19.4. The fraction of sp³-hybridized carbons (Fsp3) is 0.375. The Morgan fingerprint density at radius 3 is 2.32 bits per heavy atom. The number of carbonyl (C=O) groups excluding carboxylic acids is 2. The van der Waals surface area contributed by atoms with Crippen molar-refractivity contribution in [1.82, 2.24) is 24.8 Å². The van der Waals surface area contributed by atoms with Crippen molar-refractivity contribution in [3.63, 3.8) is 0 Å². The van der Waals surface area contributed by atoms with Gasteiger partial charge in [-0.1, -0.05) is 12.1 Å². The molecule has 3 heterocycles. The van der Waals surface area contributed by atoms with Gasteiger partial charge in [-0.05, 0) is 32.0 Å². The summed E-state index contributed by atoms with van der Waals surface area (Å²) in [6.07, 6.45) is -3.43. The van der Waals surface area contributed by atoms with Crippen LogP contribution < -0.4 is 5.32 Å². The molecule has 3 aromatic rings. The van der Waals surface area contributed by atoms with Crippen LogP contribution in [0.2, 0.25) is 0 Å². The van der Waals surface area contributed by atoms with E-state index in [4.69, 9.17) is 9.47 Å². The predicted molar refractivity (Wildman–Crippen MR) is 125 cm³/mol. The van der Waals surface area contributed by atoms with Crippen LogP contribution in [0.1, 0.15) is 57.9 Å². The molecule has 2 atom stereocenters. The Kier molecular flexibility index (Phi) is 7.12. The van der Waals surface area contributed by atoms with Crippen LogP contribution in [0, 0.1) is 0 Å². The van der Waals surface area contributed by atoms with E-state index in [1.807, 2.05) is 0 Å². The molecule has 0 saturated heterocycles. The van der Waals surface area contributed by atoms with Crippen LogP contribution in [-0.4, -0.2) is 74.6 Å². The maximum atomic E-state index is 13.2. The summed E-state index contributed by atoms with van der Waals surface area (Å²) in [6, 6.07) is 5.85. The van der Waals surface area contributed by atoms with E-state index in [0.29, 0.717) is 5.56 Å². The van der Waals surface area contributed by atoms with E-state index in [-0.39, 0.29) is 29.1 Å². The third-order valence-corrected chi connectivity index (χ3v) is 6.15. The molecule has 0 radical (unpaired) electrons. The summed E-state index contributed by atoms with van der Waals surface area (Å²) in [5.41, 5.74) is -1.35. The Bertz CT molecular complexity index is 1350. The number of nitrogens with zero attached hydrogens (tertiary/aromatic N) is 4. The van der Waals surface area contributed by atoms with Crippen molar-refractivity contribution in [1.29, 1.82) is 0 Å². The topological polar surface area (TPSA) is 135 Å². The molecule has 14 heteroatoms. The number of imide groups is 1. The van der Waals surface area contributed by atoms with Crippen molar-refractivity contribution in [3.05, 3.63) is 65.1 Å². The maximum absolute atomic E-state index is 13.2. The quantitative estimate of drug-likeness (QED) is 0.398. The van der Waals surface area contributed by atoms with Gasteiger partial charge in [-0.3, -0.25) is 14.5 Å². The van der Waals surface area contributed by atoms with Gasteiger partial charge < -0.3 is 19.9 Å². The molecule has 4 rings (SSSR count). The molecule has 38 heavy (non-hydrogen) atoms. The van der Waals surface area contributed by atoms with Gasteiger partial charge in [0.05, 0.1) is 54.5 Å². The van der Waals surface area contributed by atoms with Crippen LogP contribution in [-0.2, 0) is 9.47 Å². The number of nitrogens with one attached hydrogen (secondary N) is 1. The number of alkyl halides is 3. The number of carboxylic acid groups (broad SMARTS) is 1. The van der Waals surface area contributed by atoms with Crippen LogP contribution in [0.5, 0.6) is 0 Å². The standard InChI is InChI=1S/C24H24F3N5O6/c1-23(2,24(25,26)27)38-11-17(30-22(35)36)16-10-31-19(29-16)8-13(9-28-31)18(12-37-3)32-20(33)14-6-4-5-7-15(14)21(32)34/h4-10,17-18,30H,11-12H2,1-3H3,(H,35,36). The monoisotopic (exact) mass is 535 g/mol. The summed E-state index contributed by atoms with van der Waals surface area (Å²) < 4.78 is 51.2. The molecule has 0 bridgehead atoms. The molecule has 0 saturated carbocycles. The highest BCUT2D eigenvalue weighted by Crippen LogP contribution is 2.34. The fourth-order valence-corrected chi connectivity index (χ4v) is 3.95. The van der Waals surface area contributed by atoms with Crippen LogP contribution in [0.3, 0.4) is 0 Å². The van der Waals surface area contributed by atoms with Gasteiger partial charge in [0.2, 0.25) is 0 Å². The summed E-state index contributed by atoms with van der Waals surface area (Å²) in [4.78, 5) is 42.8. The van der Waals surface area contributed by atoms with Crippen LogP contribution in [0.15, 0.2) is 42.7 Å². The Hall–Kier alpha value is -4.04. The normalized spacial score (nSPS) is 15.6. The number of benzene rings is 1. The maximum Gasteiger partial charge on any atom is 0.416 e. The lowest BCUT2D eigenvalue weighted by Gasteiger charge is -2.29. The Morgan fingerprint density at radius 1 is 1.13 bits per heavy atom. The first-order valence-corrected chi connectivity index (χ1v) is 11.3. The molecule has 0 fully saturated rings. The van der Waals surface area contributed by atoms with E-state index in [0.717, 1.165) is 18.7 Å². The largest absolute Gasteiger partial charge is 0.465 e. The lowest BCUT2D eigenvalue weighted by molar-refractivity contribution is -0.265. The Labute approximate surface area is 214 Å². The van der Waals surface area contributed by atoms with Gasteiger partial charge in [0.1, 0.15) is 0 Å². The number of fused-ring (bicyclic) bond motifs is 2. The molecule has 3 amide bonds. The highest BCUT2D eigenvalue weighted by Gasteiger charge is 2.49. The second-order valence-electron chi connectivity index (χ2n) is 9.08. The van der Waals surface area contributed by atoms with E-state index >= 15 is 0 Å². The number of aromatic nitrogens is 3. The van der Waals surface area contributed by atoms with Crippen LogP contribution in [0.25, 0.3) is 5.65 Å². The van der Waals surface area contributed by atoms with Crippen molar-refractivity contribution in [3.8, 4) is 0 Å². The van der Waals surface area contributed by atoms with Gasteiger partial charge in [0.25, 0.3) is 11.8 Å². The number of amides is 3. The number of hydrogen-bond donors (Lipinski definition) is 2. The van der Waals surface area contributed by atoms with Gasteiger partial charge in [-0.25, -0.2) is 14.3 Å². The zero-order chi connectivity index (χ0) is 27.8. The number of imidazole rings is 1. The second kappa shape index (κ2) is 10.0. The van der Waals surface area contributed by atoms with E-state index < -0.39 is 48.4 Å². The molecule has 1 aliphatic heterocycles. The summed E-state index contributed by atoms with van der Waals surface area (Å²) >= 11 is 0. The SMILES string of the molecule is COCC(c1cnn2cc(C(COC(C)(C)C(F)(F)F)NC(=O)O)nc2c1)N1C(=O)c2ccccc2C1=O. The van der Waals surface area contributed by atoms with Gasteiger partial charge in [0.15, 0.2) is 11.2 Å². The van der Waals surface area contributed by atoms with Crippen molar-refractivity contribution >= 4 is 23.6 Å². The molecule has 0 aliphatic carbocycles. The minimum atomic E-state index is -4.68. The van der Waals surface area contributed by atoms with Crippen LogP contribution in [0.4, 0.5) is 18.0 Å². The number of carbonyl (C=O) groups is 3. The number of ether oxygens (including phenoxy) is 2. The summed E-state index contributed by atoms with van der Waals surface area (Å²) in [6.45, 7) is 0.965. The minimum Gasteiger partial charge on any atom is -0.465 e. The summed E-state index contributed by atoms with van der Waals surface area (Å²) in [5.74, 6) is -0.988. The lowest BCUT2D eigenvalue weighted by atomic mass is 10.1. The third kappa shape index (κ3) is 5.04. The molecule has 11 nitrogen and oxygen atoms in total. The highest BCUT2D eigenvalue weighted by molar-refractivity contribution is 6.21. The molecule has 0 spiro atoms. The molecule has 2 aromatic heterocycles. The number of hydrogen-bond acceptors (Lipinski definition) is 7. The summed E-state index contributed by atoms with van der Waals surface area (Å²) in [5, 5.41) is 15.6. The third-order valence-electron chi connectivity index (χ3n) is 6.15.